The molecule has 1 saturated heterocycles. The SMILES string of the molecule is Cc1ccc([C@@H](C)[C@H]2CO2)o1. The normalized spacial score (nSPS) is 25.1. The van der Waals surface area contributed by atoms with E-state index in [2.05, 4.69) is 6.92 Å². The van der Waals surface area contributed by atoms with Gasteiger partial charge >= 0.3 is 0 Å². The van der Waals surface area contributed by atoms with E-state index in [0.717, 1.165) is 18.1 Å². The number of rotatable bonds is 2. The highest BCUT2D eigenvalue weighted by Gasteiger charge is 2.32. The van der Waals surface area contributed by atoms with Gasteiger partial charge in [0.1, 0.15) is 11.5 Å². The van der Waals surface area contributed by atoms with Crippen molar-refractivity contribution in [1.82, 2.24) is 0 Å². The summed E-state index contributed by atoms with van der Waals surface area (Å²) in [6, 6.07) is 4.02. The summed E-state index contributed by atoms with van der Waals surface area (Å²) in [5.74, 6) is 2.45. The molecule has 11 heavy (non-hydrogen) atoms. The van der Waals surface area contributed by atoms with E-state index in [4.69, 9.17) is 9.15 Å². The third-order valence-corrected chi connectivity index (χ3v) is 2.13. The third kappa shape index (κ3) is 1.31. The van der Waals surface area contributed by atoms with Crippen LogP contribution in [0.3, 0.4) is 0 Å². The number of ether oxygens (including phenoxy) is 1. The Bertz CT molecular complexity index is 248. The lowest BCUT2D eigenvalue weighted by Gasteiger charge is -2.01. The van der Waals surface area contributed by atoms with Crippen LogP contribution in [-0.4, -0.2) is 12.7 Å². The molecule has 2 nitrogen and oxygen atoms in total. The highest BCUT2D eigenvalue weighted by molar-refractivity contribution is 5.12. The van der Waals surface area contributed by atoms with Crippen molar-refractivity contribution in [2.24, 2.45) is 0 Å². The van der Waals surface area contributed by atoms with Gasteiger partial charge in [0.05, 0.1) is 12.7 Å². The molecule has 60 valence electrons. The summed E-state index contributed by atoms with van der Waals surface area (Å²) in [5.41, 5.74) is 0. The van der Waals surface area contributed by atoms with Gasteiger partial charge in [0.2, 0.25) is 0 Å². The zero-order chi connectivity index (χ0) is 7.84. The van der Waals surface area contributed by atoms with Gasteiger partial charge in [0.25, 0.3) is 0 Å². The van der Waals surface area contributed by atoms with Crippen LogP contribution in [0.4, 0.5) is 0 Å². The molecule has 2 heterocycles. The average Bonchev–Trinajstić information content (AvgIpc) is 2.74. The minimum Gasteiger partial charge on any atom is -0.466 e. The second-order valence-electron chi connectivity index (χ2n) is 3.11. The zero-order valence-electron chi connectivity index (χ0n) is 6.83. The lowest BCUT2D eigenvalue weighted by atomic mass is 10.1. The predicted molar refractivity (Wildman–Crippen MR) is 41.6 cm³/mol. The summed E-state index contributed by atoms with van der Waals surface area (Å²) >= 11 is 0. The highest BCUT2D eigenvalue weighted by atomic mass is 16.6. The van der Waals surface area contributed by atoms with Gasteiger partial charge in [0, 0.05) is 5.92 Å². The van der Waals surface area contributed by atoms with E-state index in [1.54, 1.807) is 0 Å². The van der Waals surface area contributed by atoms with Crippen molar-refractivity contribution < 1.29 is 9.15 Å². The summed E-state index contributed by atoms with van der Waals surface area (Å²) in [5, 5.41) is 0. The van der Waals surface area contributed by atoms with Crippen LogP contribution < -0.4 is 0 Å². The molecular weight excluding hydrogens is 140 g/mol. The molecule has 0 unspecified atom stereocenters. The molecule has 0 amide bonds. The number of aryl methyl sites for hydroxylation is 1. The summed E-state index contributed by atoms with van der Waals surface area (Å²) in [4.78, 5) is 0. The number of epoxide rings is 1. The first-order valence-electron chi connectivity index (χ1n) is 3.95. The Labute approximate surface area is 66.2 Å². The van der Waals surface area contributed by atoms with Crippen LogP contribution >= 0.6 is 0 Å². The van der Waals surface area contributed by atoms with Crippen LogP contribution in [0, 0.1) is 6.92 Å². The van der Waals surface area contributed by atoms with Crippen molar-refractivity contribution in [1.29, 1.82) is 0 Å². The fourth-order valence-electron chi connectivity index (χ4n) is 1.23. The Morgan fingerprint density at radius 1 is 1.55 bits per heavy atom. The monoisotopic (exact) mass is 152 g/mol. The van der Waals surface area contributed by atoms with Crippen molar-refractivity contribution in [3.8, 4) is 0 Å². The first kappa shape index (κ1) is 6.92. The van der Waals surface area contributed by atoms with E-state index in [0.29, 0.717) is 12.0 Å². The molecule has 0 aliphatic carbocycles. The van der Waals surface area contributed by atoms with Gasteiger partial charge in [-0.2, -0.15) is 0 Å². The lowest BCUT2D eigenvalue weighted by Crippen LogP contribution is -1.98. The Balaban J connectivity index is 2.14. The predicted octanol–water partition coefficient (Wildman–Crippen LogP) is 2.09. The summed E-state index contributed by atoms with van der Waals surface area (Å²) < 4.78 is 10.6. The zero-order valence-corrected chi connectivity index (χ0v) is 6.83. The fraction of sp³-hybridized carbons (Fsp3) is 0.556. The van der Waals surface area contributed by atoms with E-state index in [9.17, 15) is 0 Å². The Hall–Kier alpha value is -0.760. The van der Waals surface area contributed by atoms with Crippen molar-refractivity contribution in [2.75, 3.05) is 6.61 Å². The molecule has 0 bridgehead atoms. The molecule has 0 spiro atoms. The van der Waals surface area contributed by atoms with E-state index in [-0.39, 0.29) is 0 Å². The van der Waals surface area contributed by atoms with Crippen LogP contribution in [0.5, 0.6) is 0 Å². The third-order valence-electron chi connectivity index (χ3n) is 2.13. The Kier molecular flexibility index (Phi) is 1.50. The molecule has 2 rings (SSSR count). The van der Waals surface area contributed by atoms with E-state index < -0.39 is 0 Å². The Morgan fingerprint density at radius 2 is 2.27 bits per heavy atom. The summed E-state index contributed by atoms with van der Waals surface area (Å²) in [6.45, 7) is 4.99. The smallest absolute Gasteiger partial charge is 0.109 e. The van der Waals surface area contributed by atoms with Gasteiger partial charge < -0.3 is 9.15 Å². The van der Waals surface area contributed by atoms with Crippen molar-refractivity contribution in [3.63, 3.8) is 0 Å². The quantitative estimate of drug-likeness (QED) is 0.606. The molecule has 1 aliphatic heterocycles. The number of hydrogen-bond donors (Lipinski definition) is 0. The van der Waals surface area contributed by atoms with E-state index >= 15 is 0 Å². The molecule has 1 aliphatic rings. The van der Waals surface area contributed by atoms with Crippen molar-refractivity contribution in [2.45, 2.75) is 25.9 Å². The topological polar surface area (TPSA) is 25.7 Å². The number of furan rings is 1. The van der Waals surface area contributed by atoms with Crippen LogP contribution in [0.1, 0.15) is 24.4 Å². The maximum absolute atomic E-state index is 5.47. The molecule has 1 aromatic rings. The van der Waals surface area contributed by atoms with E-state index in [1.807, 2.05) is 19.1 Å². The number of hydrogen-bond acceptors (Lipinski definition) is 2. The van der Waals surface area contributed by atoms with Crippen LogP contribution in [0.25, 0.3) is 0 Å². The van der Waals surface area contributed by atoms with Gasteiger partial charge in [-0.15, -0.1) is 0 Å². The van der Waals surface area contributed by atoms with Crippen LogP contribution in [-0.2, 0) is 4.74 Å². The van der Waals surface area contributed by atoms with Gasteiger partial charge in [-0.25, -0.2) is 0 Å². The van der Waals surface area contributed by atoms with Crippen LogP contribution in [0.2, 0.25) is 0 Å². The Morgan fingerprint density at radius 3 is 2.73 bits per heavy atom. The second kappa shape index (κ2) is 2.38. The highest BCUT2D eigenvalue weighted by Crippen LogP contribution is 2.29. The van der Waals surface area contributed by atoms with E-state index in [1.165, 1.54) is 0 Å². The van der Waals surface area contributed by atoms with Crippen molar-refractivity contribution >= 4 is 0 Å². The minimum atomic E-state index is 0.403. The molecule has 0 N–H and O–H groups in total. The maximum atomic E-state index is 5.47. The minimum absolute atomic E-state index is 0.403. The molecule has 2 heteroatoms. The molecular formula is C9H12O2. The molecule has 0 saturated carbocycles. The molecule has 0 aromatic carbocycles. The average molecular weight is 152 g/mol. The molecule has 2 atom stereocenters. The summed E-state index contributed by atoms with van der Waals surface area (Å²) in [7, 11) is 0. The molecule has 1 fully saturated rings. The van der Waals surface area contributed by atoms with Gasteiger partial charge in [-0.05, 0) is 19.1 Å². The van der Waals surface area contributed by atoms with Gasteiger partial charge in [-0.3, -0.25) is 0 Å². The standard InChI is InChI=1S/C9H12O2/c1-6-3-4-8(11-6)7(2)9-5-10-9/h3-4,7,9H,5H2,1-2H3/t7-,9-/m1/s1. The molecule has 0 radical (unpaired) electrons. The summed E-state index contributed by atoms with van der Waals surface area (Å²) in [6.07, 6.45) is 0.403. The van der Waals surface area contributed by atoms with Gasteiger partial charge in [-0.1, -0.05) is 6.92 Å². The van der Waals surface area contributed by atoms with Crippen molar-refractivity contribution in [3.05, 3.63) is 23.7 Å². The lowest BCUT2D eigenvalue weighted by molar-refractivity contribution is 0.351. The molecule has 1 aromatic heterocycles. The largest absolute Gasteiger partial charge is 0.466 e. The second-order valence-corrected chi connectivity index (χ2v) is 3.11. The maximum Gasteiger partial charge on any atom is 0.109 e. The van der Waals surface area contributed by atoms with Gasteiger partial charge in [0.15, 0.2) is 0 Å². The van der Waals surface area contributed by atoms with Crippen LogP contribution in [0.15, 0.2) is 16.5 Å². The fourth-order valence-corrected chi connectivity index (χ4v) is 1.23. The first-order valence-corrected chi connectivity index (χ1v) is 3.95. The first-order chi connectivity index (χ1) is 5.27.